The molecule has 7 heteroatoms. The maximum Gasteiger partial charge on any atom is 0.228 e. The standard InChI is InChI=1S/C17H23N3O2S.ClH/c1-23-15-6-4-13(5-7-15)20-11-12(9-16(20)21)17(22)19-8-2-3-14(19)10-18;/h4-7,12,14H,2-3,8-11,18H2,1H3;1H. The van der Waals surface area contributed by atoms with Gasteiger partial charge in [-0.2, -0.15) is 0 Å². The lowest BCUT2D eigenvalue weighted by atomic mass is 10.1. The van der Waals surface area contributed by atoms with E-state index in [-0.39, 0.29) is 36.2 Å². The minimum absolute atomic E-state index is 0. The van der Waals surface area contributed by atoms with Crippen molar-refractivity contribution in [1.82, 2.24) is 4.90 Å². The van der Waals surface area contributed by atoms with E-state index in [1.807, 2.05) is 35.4 Å². The number of likely N-dealkylation sites (tertiary alicyclic amines) is 1. The zero-order chi connectivity index (χ0) is 16.4. The van der Waals surface area contributed by atoms with Gasteiger partial charge in [-0.05, 0) is 43.4 Å². The second kappa shape index (κ2) is 8.23. The normalized spacial score (nSPS) is 23.5. The molecule has 2 saturated heterocycles. The smallest absolute Gasteiger partial charge is 0.228 e. The molecular formula is C17H24ClN3O2S. The molecule has 2 amide bonds. The summed E-state index contributed by atoms with van der Waals surface area (Å²) in [7, 11) is 0. The van der Waals surface area contributed by atoms with Crippen LogP contribution in [0.5, 0.6) is 0 Å². The van der Waals surface area contributed by atoms with Gasteiger partial charge in [-0.1, -0.05) is 0 Å². The molecule has 2 aliphatic rings. The number of nitrogens with two attached hydrogens (primary N) is 1. The van der Waals surface area contributed by atoms with Crippen molar-refractivity contribution in [3.63, 3.8) is 0 Å². The monoisotopic (exact) mass is 369 g/mol. The Balaban J connectivity index is 0.00000208. The van der Waals surface area contributed by atoms with Crippen LogP contribution in [0.2, 0.25) is 0 Å². The number of nitrogens with zero attached hydrogens (tertiary/aromatic N) is 2. The first kappa shape index (κ1) is 19.1. The van der Waals surface area contributed by atoms with Gasteiger partial charge in [0.25, 0.3) is 0 Å². The summed E-state index contributed by atoms with van der Waals surface area (Å²) in [6.07, 6.45) is 4.31. The Bertz CT molecular complexity index is 596. The number of rotatable bonds is 4. The van der Waals surface area contributed by atoms with Crippen LogP contribution in [-0.2, 0) is 9.59 Å². The number of anilines is 1. The van der Waals surface area contributed by atoms with Crippen molar-refractivity contribution in [2.75, 3.05) is 30.8 Å². The second-order valence-corrected chi connectivity index (χ2v) is 7.05. The molecule has 0 radical (unpaired) electrons. The van der Waals surface area contributed by atoms with Gasteiger partial charge in [0, 0.05) is 42.7 Å². The van der Waals surface area contributed by atoms with Crippen LogP contribution in [0, 0.1) is 5.92 Å². The molecule has 1 aromatic rings. The molecule has 2 unspecified atom stereocenters. The summed E-state index contributed by atoms with van der Waals surface area (Å²) in [4.78, 5) is 29.8. The van der Waals surface area contributed by atoms with Gasteiger partial charge < -0.3 is 15.5 Å². The number of carbonyl (C=O) groups excluding carboxylic acids is 2. The zero-order valence-corrected chi connectivity index (χ0v) is 15.4. The Morgan fingerprint density at radius 2 is 2.04 bits per heavy atom. The SMILES string of the molecule is CSc1ccc(N2CC(C(=O)N3CCCC3CN)CC2=O)cc1.Cl. The average molecular weight is 370 g/mol. The lowest BCUT2D eigenvalue weighted by Gasteiger charge is -2.26. The molecule has 2 atom stereocenters. The van der Waals surface area contributed by atoms with Crippen molar-refractivity contribution < 1.29 is 9.59 Å². The number of halogens is 1. The Morgan fingerprint density at radius 1 is 1.33 bits per heavy atom. The third kappa shape index (κ3) is 3.71. The van der Waals surface area contributed by atoms with Crippen molar-refractivity contribution in [3.8, 4) is 0 Å². The molecule has 5 nitrogen and oxygen atoms in total. The Kier molecular flexibility index (Phi) is 6.54. The van der Waals surface area contributed by atoms with E-state index in [9.17, 15) is 9.59 Å². The summed E-state index contributed by atoms with van der Waals surface area (Å²) in [6.45, 7) is 1.75. The molecule has 0 aromatic heterocycles. The highest BCUT2D eigenvalue weighted by molar-refractivity contribution is 7.98. The van der Waals surface area contributed by atoms with E-state index in [1.54, 1.807) is 16.7 Å². The van der Waals surface area contributed by atoms with E-state index >= 15 is 0 Å². The van der Waals surface area contributed by atoms with Gasteiger partial charge in [0.1, 0.15) is 0 Å². The predicted molar refractivity (Wildman–Crippen MR) is 99.7 cm³/mol. The summed E-state index contributed by atoms with van der Waals surface area (Å²) in [5.74, 6) is -0.117. The second-order valence-electron chi connectivity index (χ2n) is 6.17. The highest BCUT2D eigenvalue weighted by Gasteiger charge is 2.39. The predicted octanol–water partition coefficient (Wildman–Crippen LogP) is 2.13. The number of hydrogen-bond donors (Lipinski definition) is 1. The van der Waals surface area contributed by atoms with Gasteiger partial charge >= 0.3 is 0 Å². The van der Waals surface area contributed by atoms with E-state index < -0.39 is 0 Å². The van der Waals surface area contributed by atoms with Crippen molar-refractivity contribution in [3.05, 3.63) is 24.3 Å². The summed E-state index contributed by atoms with van der Waals surface area (Å²) in [5, 5.41) is 0. The van der Waals surface area contributed by atoms with Crippen LogP contribution >= 0.6 is 24.2 Å². The Morgan fingerprint density at radius 3 is 2.67 bits per heavy atom. The number of hydrogen-bond acceptors (Lipinski definition) is 4. The molecule has 2 heterocycles. The molecule has 2 aliphatic heterocycles. The van der Waals surface area contributed by atoms with Crippen molar-refractivity contribution >= 4 is 41.7 Å². The lowest BCUT2D eigenvalue weighted by Crippen LogP contribution is -2.43. The third-order valence-electron chi connectivity index (χ3n) is 4.79. The van der Waals surface area contributed by atoms with Gasteiger partial charge in [-0.3, -0.25) is 9.59 Å². The van der Waals surface area contributed by atoms with E-state index in [0.717, 1.165) is 30.0 Å². The van der Waals surface area contributed by atoms with E-state index in [4.69, 9.17) is 5.73 Å². The maximum atomic E-state index is 12.7. The van der Waals surface area contributed by atoms with E-state index in [1.165, 1.54) is 0 Å². The first-order valence-corrected chi connectivity index (χ1v) is 9.31. The van der Waals surface area contributed by atoms with Gasteiger partial charge in [-0.15, -0.1) is 24.2 Å². The fourth-order valence-electron chi connectivity index (χ4n) is 3.49. The van der Waals surface area contributed by atoms with Crippen LogP contribution in [0.3, 0.4) is 0 Å². The van der Waals surface area contributed by atoms with Crippen molar-refractivity contribution in [1.29, 1.82) is 0 Å². The van der Waals surface area contributed by atoms with Crippen LogP contribution in [0.1, 0.15) is 19.3 Å². The third-order valence-corrected chi connectivity index (χ3v) is 5.53. The minimum Gasteiger partial charge on any atom is -0.338 e. The van der Waals surface area contributed by atoms with Crippen LogP contribution in [0.15, 0.2) is 29.2 Å². The largest absolute Gasteiger partial charge is 0.338 e. The van der Waals surface area contributed by atoms with Crippen LogP contribution in [-0.4, -0.2) is 48.6 Å². The van der Waals surface area contributed by atoms with Crippen LogP contribution in [0.4, 0.5) is 5.69 Å². The number of thioether (sulfide) groups is 1. The maximum absolute atomic E-state index is 12.7. The number of benzene rings is 1. The Labute approximate surface area is 153 Å². The fraction of sp³-hybridized carbons (Fsp3) is 0.529. The molecule has 1 aromatic carbocycles. The first-order valence-electron chi connectivity index (χ1n) is 8.09. The molecule has 0 bridgehead atoms. The zero-order valence-electron chi connectivity index (χ0n) is 13.8. The summed E-state index contributed by atoms with van der Waals surface area (Å²) in [6, 6.07) is 8.07. The minimum atomic E-state index is -0.241. The molecule has 0 spiro atoms. The first-order chi connectivity index (χ1) is 11.1. The molecule has 3 rings (SSSR count). The van der Waals surface area contributed by atoms with Crippen molar-refractivity contribution in [2.45, 2.75) is 30.2 Å². The molecule has 0 saturated carbocycles. The summed E-state index contributed by atoms with van der Waals surface area (Å²) >= 11 is 1.67. The topological polar surface area (TPSA) is 66.6 Å². The van der Waals surface area contributed by atoms with E-state index in [2.05, 4.69) is 0 Å². The number of amides is 2. The van der Waals surface area contributed by atoms with Crippen LogP contribution < -0.4 is 10.6 Å². The molecule has 0 aliphatic carbocycles. The van der Waals surface area contributed by atoms with Gasteiger partial charge in [0.2, 0.25) is 11.8 Å². The van der Waals surface area contributed by atoms with Crippen LogP contribution in [0.25, 0.3) is 0 Å². The molecule has 24 heavy (non-hydrogen) atoms. The highest BCUT2D eigenvalue weighted by atomic mass is 35.5. The van der Waals surface area contributed by atoms with Crippen molar-refractivity contribution in [2.24, 2.45) is 11.7 Å². The summed E-state index contributed by atoms with van der Waals surface area (Å²) < 4.78 is 0. The molecule has 2 N–H and O–H groups in total. The lowest BCUT2D eigenvalue weighted by molar-refractivity contribution is -0.136. The Hall–Kier alpha value is -1.24. The van der Waals surface area contributed by atoms with Gasteiger partial charge in [0.05, 0.1) is 5.92 Å². The average Bonchev–Trinajstić information content (AvgIpc) is 3.20. The van der Waals surface area contributed by atoms with Gasteiger partial charge in [0.15, 0.2) is 0 Å². The van der Waals surface area contributed by atoms with E-state index in [0.29, 0.717) is 19.5 Å². The molecule has 132 valence electrons. The molecule has 2 fully saturated rings. The summed E-state index contributed by atoms with van der Waals surface area (Å²) in [5.41, 5.74) is 6.64. The quantitative estimate of drug-likeness (QED) is 0.825. The van der Waals surface area contributed by atoms with Gasteiger partial charge in [-0.25, -0.2) is 0 Å². The number of carbonyl (C=O) groups is 2. The molecular weight excluding hydrogens is 346 g/mol. The highest BCUT2D eigenvalue weighted by Crippen LogP contribution is 2.29. The fourth-order valence-corrected chi connectivity index (χ4v) is 3.90.